The van der Waals surface area contributed by atoms with Crippen molar-refractivity contribution >= 4 is 29.5 Å². The summed E-state index contributed by atoms with van der Waals surface area (Å²) in [6.07, 6.45) is 4.66. The molecule has 1 aliphatic carbocycles. The van der Waals surface area contributed by atoms with E-state index in [9.17, 15) is 9.59 Å². The molecule has 1 aromatic heterocycles. The second-order valence-corrected chi connectivity index (χ2v) is 11.7. The van der Waals surface area contributed by atoms with Gasteiger partial charge in [-0.1, -0.05) is 18.3 Å². The van der Waals surface area contributed by atoms with Crippen LogP contribution in [-0.4, -0.2) is 57.6 Å². The molecule has 3 atom stereocenters. The van der Waals surface area contributed by atoms with Gasteiger partial charge in [0.2, 0.25) is 11.9 Å². The quantitative estimate of drug-likeness (QED) is 0.395. The van der Waals surface area contributed by atoms with Crippen molar-refractivity contribution in [2.45, 2.75) is 91.0 Å². The fourth-order valence-corrected chi connectivity index (χ4v) is 4.30. The van der Waals surface area contributed by atoms with Gasteiger partial charge in [0, 0.05) is 30.7 Å². The van der Waals surface area contributed by atoms with Gasteiger partial charge in [0.15, 0.2) is 0 Å². The van der Waals surface area contributed by atoms with E-state index < -0.39 is 17.7 Å². The molecule has 0 radical (unpaired) electrons. The predicted octanol–water partition coefficient (Wildman–Crippen LogP) is 5.19. The first-order chi connectivity index (χ1) is 19.3. The molecule has 3 N–H and O–H groups in total. The van der Waals surface area contributed by atoms with Crippen LogP contribution in [0.4, 0.5) is 22.2 Å². The lowest BCUT2D eigenvalue weighted by molar-refractivity contribution is -0.126. The molecule has 0 bridgehead atoms. The first-order valence-corrected chi connectivity index (χ1v) is 14.0. The lowest BCUT2D eigenvalue weighted by atomic mass is 9.86. The van der Waals surface area contributed by atoms with Gasteiger partial charge in [-0.2, -0.15) is 10.2 Å². The van der Waals surface area contributed by atoms with Crippen LogP contribution in [0.15, 0.2) is 30.5 Å². The second-order valence-electron chi connectivity index (χ2n) is 11.7. The van der Waals surface area contributed by atoms with Gasteiger partial charge >= 0.3 is 6.09 Å². The summed E-state index contributed by atoms with van der Waals surface area (Å²) in [7, 11) is 1.57. The number of ether oxygens (including phenoxy) is 1. The fourth-order valence-electron chi connectivity index (χ4n) is 4.30. The second kappa shape index (κ2) is 13.8. The number of carbonyl (C=O) groups is 2. The van der Waals surface area contributed by atoms with Crippen molar-refractivity contribution in [1.29, 1.82) is 5.26 Å². The number of hydrogen-bond donors (Lipinski definition) is 3. The van der Waals surface area contributed by atoms with Crippen molar-refractivity contribution in [2.24, 2.45) is 5.92 Å². The Morgan fingerprint density at radius 1 is 1.15 bits per heavy atom. The molecule has 10 nitrogen and oxygen atoms in total. The van der Waals surface area contributed by atoms with E-state index in [2.05, 4.69) is 43.8 Å². The van der Waals surface area contributed by atoms with Crippen molar-refractivity contribution in [1.82, 2.24) is 20.2 Å². The molecular weight excluding hydrogens is 518 g/mol. The molecule has 1 fully saturated rings. The van der Waals surface area contributed by atoms with Crippen molar-refractivity contribution in [3.63, 3.8) is 0 Å². The van der Waals surface area contributed by atoms with Crippen LogP contribution in [0, 0.1) is 29.1 Å². The Hall–Kier alpha value is -4.31. The van der Waals surface area contributed by atoms with E-state index in [0.717, 1.165) is 31.4 Å². The number of likely N-dealkylation sites (N-methyl/N-ethyl adjacent to an activating group) is 1. The van der Waals surface area contributed by atoms with Crippen molar-refractivity contribution in [3.05, 3.63) is 41.6 Å². The Morgan fingerprint density at radius 3 is 2.49 bits per heavy atom. The highest BCUT2D eigenvalue weighted by Gasteiger charge is 2.29. The number of aromatic nitrogens is 2. The molecular formula is C31H41N7O3. The van der Waals surface area contributed by atoms with Crippen LogP contribution in [0.5, 0.6) is 0 Å². The summed E-state index contributed by atoms with van der Waals surface area (Å²) in [5.41, 5.74) is 1.42. The topological polar surface area (TPSA) is 132 Å². The zero-order valence-corrected chi connectivity index (χ0v) is 25.0. The zero-order valence-electron chi connectivity index (χ0n) is 25.0. The Balaban J connectivity index is 1.65. The first kappa shape index (κ1) is 31.2. The van der Waals surface area contributed by atoms with Crippen LogP contribution < -0.4 is 16.0 Å². The normalized spacial score (nSPS) is 17.3. The standard InChI is InChI=1S/C31H41N7O3/c1-20(2)34-27-24(19-33-29(37-27)36-25-15-12-23(18-32)13-16-25)14-11-22-9-8-10-26(17-22)35-28(39)21(3)38(7)30(40)41-31(4,5)6/h12-13,15-16,19-22,26H,8-10,17H2,1-7H3,(H,35,39)(H2,33,34,36,37)/t21-,22-,26-/m0/s1. The van der Waals surface area contributed by atoms with Crippen molar-refractivity contribution in [2.75, 3.05) is 17.7 Å². The Morgan fingerprint density at radius 2 is 1.85 bits per heavy atom. The maximum Gasteiger partial charge on any atom is 0.410 e. The Kier molecular flexibility index (Phi) is 10.5. The highest BCUT2D eigenvalue weighted by atomic mass is 16.6. The molecule has 218 valence electrons. The van der Waals surface area contributed by atoms with Crippen LogP contribution in [-0.2, 0) is 9.53 Å². The number of rotatable bonds is 7. The van der Waals surface area contributed by atoms with Crippen LogP contribution in [0.2, 0.25) is 0 Å². The maximum atomic E-state index is 12.9. The van der Waals surface area contributed by atoms with E-state index in [-0.39, 0.29) is 23.9 Å². The Labute approximate surface area is 243 Å². The van der Waals surface area contributed by atoms with E-state index in [1.807, 2.05) is 13.8 Å². The number of anilines is 3. The van der Waals surface area contributed by atoms with Gasteiger partial charge < -0.3 is 20.7 Å². The summed E-state index contributed by atoms with van der Waals surface area (Å²) >= 11 is 0. The number of carbonyl (C=O) groups excluding carboxylic acids is 2. The smallest absolute Gasteiger partial charge is 0.410 e. The lowest BCUT2D eigenvalue weighted by Gasteiger charge is -2.31. The largest absolute Gasteiger partial charge is 0.444 e. The number of hydrogen-bond acceptors (Lipinski definition) is 8. The molecule has 0 unspecified atom stereocenters. The Bertz CT molecular complexity index is 1320. The number of benzene rings is 1. The molecule has 41 heavy (non-hydrogen) atoms. The molecule has 1 aliphatic rings. The third kappa shape index (κ3) is 9.68. The van der Waals surface area contributed by atoms with Crippen molar-refractivity contribution < 1.29 is 14.3 Å². The highest BCUT2D eigenvalue weighted by Crippen LogP contribution is 2.25. The van der Waals surface area contributed by atoms with E-state index in [0.29, 0.717) is 22.9 Å². The number of nitrogens with one attached hydrogen (secondary N) is 3. The van der Waals surface area contributed by atoms with Crippen LogP contribution in [0.1, 0.15) is 78.4 Å². The van der Waals surface area contributed by atoms with Gasteiger partial charge in [0.05, 0.1) is 23.4 Å². The summed E-state index contributed by atoms with van der Waals surface area (Å²) < 4.78 is 5.39. The van der Waals surface area contributed by atoms with Gasteiger partial charge in [-0.3, -0.25) is 9.69 Å². The summed E-state index contributed by atoms with van der Waals surface area (Å²) in [4.78, 5) is 35.7. The SMILES string of the molecule is CC(C)Nc1nc(Nc2ccc(C#N)cc2)ncc1C#C[C@@H]1CCC[C@H](NC(=O)[C@H](C)N(C)C(=O)OC(C)(C)C)C1. The molecule has 1 heterocycles. The van der Waals surface area contributed by atoms with Crippen molar-refractivity contribution in [3.8, 4) is 17.9 Å². The minimum atomic E-state index is -0.658. The fraction of sp³-hybridized carbons (Fsp3) is 0.516. The maximum absolute atomic E-state index is 12.9. The van der Waals surface area contributed by atoms with E-state index >= 15 is 0 Å². The number of nitriles is 1. The number of amides is 2. The van der Waals surface area contributed by atoms with Gasteiger partial charge in [-0.25, -0.2) is 9.78 Å². The molecule has 1 aromatic carbocycles. The van der Waals surface area contributed by atoms with E-state index in [1.165, 1.54) is 4.90 Å². The monoisotopic (exact) mass is 559 g/mol. The van der Waals surface area contributed by atoms with E-state index in [4.69, 9.17) is 10.00 Å². The minimum Gasteiger partial charge on any atom is -0.444 e. The molecule has 10 heteroatoms. The van der Waals surface area contributed by atoms with Gasteiger partial charge in [-0.05, 0) is 85.1 Å². The predicted molar refractivity (Wildman–Crippen MR) is 159 cm³/mol. The van der Waals surface area contributed by atoms with Crippen LogP contribution >= 0.6 is 0 Å². The molecule has 2 aromatic rings. The third-order valence-corrected chi connectivity index (χ3v) is 6.56. The summed E-state index contributed by atoms with van der Waals surface area (Å²) in [6.45, 7) is 11.1. The molecule has 0 saturated heterocycles. The number of nitrogens with zero attached hydrogens (tertiary/aromatic N) is 4. The average molecular weight is 560 g/mol. The highest BCUT2D eigenvalue weighted by molar-refractivity contribution is 5.85. The molecule has 0 aliphatic heterocycles. The minimum absolute atomic E-state index is 0.0199. The van der Waals surface area contributed by atoms with Crippen LogP contribution in [0.3, 0.4) is 0 Å². The summed E-state index contributed by atoms with van der Waals surface area (Å²) in [6, 6.07) is 8.64. The first-order valence-electron chi connectivity index (χ1n) is 14.0. The van der Waals surface area contributed by atoms with Crippen LogP contribution in [0.25, 0.3) is 0 Å². The molecule has 3 rings (SSSR count). The zero-order chi connectivity index (χ0) is 30.2. The summed E-state index contributed by atoms with van der Waals surface area (Å²) in [5.74, 6) is 7.60. The van der Waals surface area contributed by atoms with Gasteiger partial charge in [-0.15, -0.1) is 0 Å². The average Bonchev–Trinajstić information content (AvgIpc) is 2.91. The molecule has 2 amide bonds. The molecule has 1 saturated carbocycles. The van der Waals surface area contributed by atoms with Gasteiger partial charge in [0.1, 0.15) is 17.5 Å². The third-order valence-electron chi connectivity index (χ3n) is 6.56. The lowest BCUT2D eigenvalue weighted by Crippen LogP contribution is -2.50. The van der Waals surface area contributed by atoms with Gasteiger partial charge in [0.25, 0.3) is 0 Å². The summed E-state index contributed by atoms with van der Waals surface area (Å²) in [5, 5.41) is 18.6. The molecule has 0 spiro atoms. The van der Waals surface area contributed by atoms with E-state index in [1.54, 1.807) is 65.2 Å².